The first-order chi connectivity index (χ1) is 14.2. The maximum atomic E-state index is 13.0. The number of allylic oxidation sites excluding steroid dienone is 4. The van der Waals surface area contributed by atoms with Crippen molar-refractivity contribution in [2.45, 2.75) is 69.9 Å². The van der Waals surface area contributed by atoms with E-state index in [1.807, 2.05) is 0 Å². The molecule has 1 saturated carbocycles. The fourth-order valence-corrected chi connectivity index (χ4v) is 4.90. The van der Waals surface area contributed by atoms with E-state index >= 15 is 0 Å². The van der Waals surface area contributed by atoms with Crippen molar-refractivity contribution in [1.29, 1.82) is 0 Å². The van der Waals surface area contributed by atoms with Crippen LogP contribution < -0.4 is 0 Å². The molecule has 3 atom stereocenters. The molecular formula is C25H31NO4. The van der Waals surface area contributed by atoms with Crippen molar-refractivity contribution in [1.82, 2.24) is 4.90 Å². The van der Waals surface area contributed by atoms with Gasteiger partial charge >= 0.3 is 6.09 Å². The average molecular weight is 410 g/mol. The molecule has 1 saturated heterocycles. The van der Waals surface area contributed by atoms with Crippen LogP contribution in [0.3, 0.4) is 0 Å². The summed E-state index contributed by atoms with van der Waals surface area (Å²) in [5, 5.41) is 9.39. The lowest BCUT2D eigenvalue weighted by atomic mass is 9.95. The van der Waals surface area contributed by atoms with Gasteiger partial charge in [-0.15, -0.1) is 0 Å². The Morgan fingerprint density at radius 1 is 1.20 bits per heavy atom. The summed E-state index contributed by atoms with van der Waals surface area (Å²) in [6.45, 7) is 5.36. The fourth-order valence-electron chi connectivity index (χ4n) is 4.90. The average Bonchev–Trinajstić information content (AvgIpc) is 3.33. The van der Waals surface area contributed by atoms with Crippen LogP contribution in [0, 0.1) is 5.92 Å². The highest BCUT2D eigenvalue weighted by atomic mass is 16.6. The molecular weight excluding hydrogens is 378 g/mol. The minimum absolute atomic E-state index is 0.0589. The smallest absolute Gasteiger partial charge is 0.417 e. The first-order valence-corrected chi connectivity index (χ1v) is 10.9. The Balaban J connectivity index is 1.57. The molecule has 2 aliphatic carbocycles. The minimum atomic E-state index is -0.666. The molecule has 1 spiro atoms. The number of ether oxygens (including phenoxy) is 1. The molecule has 1 aromatic rings. The van der Waals surface area contributed by atoms with E-state index in [-0.39, 0.29) is 24.3 Å². The van der Waals surface area contributed by atoms with Gasteiger partial charge in [-0.3, -0.25) is 4.79 Å². The van der Waals surface area contributed by atoms with E-state index < -0.39 is 17.2 Å². The highest BCUT2D eigenvalue weighted by Gasteiger charge is 2.68. The van der Waals surface area contributed by atoms with Crippen LogP contribution >= 0.6 is 0 Å². The number of hydrogen-bond donors (Lipinski definition) is 1. The van der Waals surface area contributed by atoms with Gasteiger partial charge in [0, 0.05) is 18.4 Å². The Kier molecular flexibility index (Phi) is 5.35. The van der Waals surface area contributed by atoms with Gasteiger partial charge in [-0.05, 0) is 69.6 Å². The number of hydrogen-bond acceptors (Lipinski definition) is 4. The molecule has 1 heterocycles. The number of likely N-dealkylation sites (tertiary alicyclic amines) is 1. The highest BCUT2D eigenvalue weighted by molar-refractivity contribution is 5.97. The standard InChI is InChI=1S/C25H31NO4/c1-24(2,3)30-23(29)26-22(28)20(13-14-27)15-25(26)16-21(25)19-11-9-18(10-12-19)17-7-5-4-6-8-17/h5,7-12,20-21,27H,4,6,13-16H2,1-3H3/t20?,21?,25-/m1/s1. The molecule has 2 unspecified atom stereocenters. The van der Waals surface area contributed by atoms with Gasteiger partial charge in [-0.2, -0.15) is 0 Å². The van der Waals surface area contributed by atoms with Crippen molar-refractivity contribution < 1.29 is 19.4 Å². The maximum absolute atomic E-state index is 13.0. The van der Waals surface area contributed by atoms with Crippen molar-refractivity contribution in [2.24, 2.45) is 5.92 Å². The van der Waals surface area contributed by atoms with Gasteiger partial charge in [0.2, 0.25) is 5.91 Å². The summed E-state index contributed by atoms with van der Waals surface area (Å²) in [4.78, 5) is 27.3. The molecule has 0 radical (unpaired) electrons. The number of carbonyl (C=O) groups excluding carboxylic acids is 2. The highest BCUT2D eigenvalue weighted by Crippen LogP contribution is 2.62. The predicted molar refractivity (Wildman–Crippen MR) is 116 cm³/mol. The molecule has 3 aliphatic rings. The summed E-state index contributed by atoms with van der Waals surface area (Å²) in [7, 11) is 0. The zero-order chi connectivity index (χ0) is 21.5. The van der Waals surface area contributed by atoms with E-state index in [9.17, 15) is 14.7 Å². The lowest BCUT2D eigenvalue weighted by molar-refractivity contribution is -0.131. The van der Waals surface area contributed by atoms with Crippen molar-refractivity contribution in [2.75, 3.05) is 6.61 Å². The zero-order valence-corrected chi connectivity index (χ0v) is 18.1. The summed E-state index contributed by atoms with van der Waals surface area (Å²) in [5.74, 6) is -0.429. The predicted octanol–water partition coefficient (Wildman–Crippen LogP) is 4.81. The summed E-state index contributed by atoms with van der Waals surface area (Å²) in [5.41, 5.74) is 2.39. The lowest BCUT2D eigenvalue weighted by Crippen LogP contribution is -2.44. The number of aliphatic hydroxyl groups excluding tert-OH is 1. The van der Waals surface area contributed by atoms with E-state index in [1.165, 1.54) is 16.0 Å². The second-order valence-electron chi connectivity index (χ2n) is 9.69. The molecule has 5 heteroatoms. The minimum Gasteiger partial charge on any atom is -0.443 e. The number of nitrogens with zero attached hydrogens (tertiary/aromatic N) is 1. The number of aliphatic hydroxyl groups is 1. The molecule has 1 N–H and O–H groups in total. The quantitative estimate of drug-likeness (QED) is 0.775. The SMILES string of the molecule is CC(C)(C)OC(=O)N1C(=O)C(CCO)C[C@]12CC2c1ccc(C2=CCCC=C2)cc1. The Morgan fingerprint density at radius 3 is 2.53 bits per heavy atom. The third kappa shape index (κ3) is 3.83. The van der Waals surface area contributed by atoms with Crippen LogP contribution in [0.1, 0.15) is 69.9 Å². The van der Waals surface area contributed by atoms with Gasteiger partial charge in [0.05, 0.1) is 5.54 Å². The summed E-state index contributed by atoms with van der Waals surface area (Å²) < 4.78 is 5.57. The number of imide groups is 1. The molecule has 1 aliphatic heterocycles. The Hall–Kier alpha value is -2.40. The van der Waals surface area contributed by atoms with Crippen LogP contribution in [0.4, 0.5) is 4.79 Å². The molecule has 30 heavy (non-hydrogen) atoms. The molecule has 0 bridgehead atoms. The number of benzene rings is 1. The maximum Gasteiger partial charge on any atom is 0.417 e. The van der Waals surface area contributed by atoms with Gasteiger partial charge in [-0.1, -0.05) is 42.5 Å². The van der Waals surface area contributed by atoms with Crippen LogP contribution in [0.25, 0.3) is 5.57 Å². The fraction of sp³-hybridized carbons (Fsp3) is 0.520. The third-order valence-corrected chi connectivity index (χ3v) is 6.36. The largest absolute Gasteiger partial charge is 0.443 e. The van der Waals surface area contributed by atoms with E-state index in [0.29, 0.717) is 12.8 Å². The molecule has 4 rings (SSSR count). The van der Waals surface area contributed by atoms with E-state index in [4.69, 9.17) is 4.74 Å². The van der Waals surface area contributed by atoms with Crippen molar-refractivity contribution in [3.63, 3.8) is 0 Å². The topological polar surface area (TPSA) is 66.8 Å². The van der Waals surface area contributed by atoms with Crippen molar-refractivity contribution in [3.8, 4) is 0 Å². The second-order valence-corrected chi connectivity index (χ2v) is 9.69. The number of amides is 2. The summed E-state index contributed by atoms with van der Waals surface area (Å²) in [6.07, 6.45) is 9.94. The Morgan fingerprint density at radius 2 is 1.93 bits per heavy atom. The van der Waals surface area contributed by atoms with Crippen LogP contribution in [0.15, 0.2) is 42.5 Å². The zero-order valence-electron chi connectivity index (χ0n) is 18.1. The van der Waals surface area contributed by atoms with Crippen LogP contribution in [-0.2, 0) is 9.53 Å². The van der Waals surface area contributed by atoms with E-state index in [2.05, 4.69) is 42.5 Å². The number of carbonyl (C=O) groups is 2. The Bertz CT molecular complexity index is 893. The second kappa shape index (κ2) is 7.69. The summed E-state index contributed by atoms with van der Waals surface area (Å²) in [6, 6.07) is 8.50. The normalized spacial score (nSPS) is 28.1. The Labute approximate surface area is 178 Å². The number of rotatable bonds is 4. The van der Waals surface area contributed by atoms with Gasteiger partial charge < -0.3 is 9.84 Å². The monoisotopic (exact) mass is 409 g/mol. The molecule has 0 aromatic heterocycles. The molecule has 1 aromatic carbocycles. The van der Waals surface area contributed by atoms with E-state index in [1.54, 1.807) is 20.8 Å². The van der Waals surface area contributed by atoms with Crippen molar-refractivity contribution >= 4 is 17.6 Å². The first-order valence-electron chi connectivity index (χ1n) is 10.9. The van der Waals surface area contributed by atoms with Gasteiger partial charge in [0.15, 0.2) is 0 Å². The van der Waals surface area contributed by atoms with E-state index in [0.717, 1.165) is 24.8 Å². The van der Waals surface area contributed by atoms with Crippen molar-refractivity contribution in [3.05, 3.63) is 53.6 Å². The molecule has 160 valence electrons. The van der Waals surface area contributed by atoms with Crippen LogP contribution in [-0.4, -0.2) is 39.8 Å². The van der Waals surface area contributed by atoms with Crippen LogP contribution in [0.2, 0.25) is 0 Å². The lowest BCUT2D eigenvalue weighted by Gasteiger charge is -2.28. The van der Waals surface area contributed by atoms with Gasteiger partial charge in [0.1, 0.15) is 5.60 Å². The summed E-state index contributed by atoms with van der Waals surface area (Å²) >= 11 is 0. The van der Waals surface area contributed by atoms with Gasteiger partial charge in [-0.25, -0.2) is 9.69 Å². The molecule has 2 amide bonds. The molecule has 2 fully saturated rings. The van der Waals surface area contributed by atoms with Gasteiger partial charge in [0.25, 0.3) is 0 Å². The first kappa shape index (κ1) is 20.9. The third-order valence-electron chi connectivity index (χ3n) is 6.36. The molecule has 5 nitrogen and oxygen atoms in total. The van der Waals surface area contributed by atoms with Crippen LogP contribution in [0.5, 0.6) is 0 Å².